The van der Waals surface area contributed by atoms with Gasteiger partial charge >= 0.3 is 5.97 Å². The van der Waals surface area contributed by atoms with Crippen molar-refractivity contribution < 1.29 is 37.7 Å². The van der Waals surface area contributed by atoms with Gasteiger partial charge in [-0.25, -0.2) is 14.2 Å². The second-order valence-electron chi connectivity index (χ2n) is 8.37. The second kappa shape index (κ2) is 10.9. The molecule has 0 atom stereocenters. The summed E-state index contributed by atoms with van der Waals surface area (Å²) in [5, 5.41) is 9.51. The van der Waals surface area contributed by atoms with Crippen LogP contribution in [0.4, 0.5) is 4.39 Å². The predicted octanol–water partition coefficient (Wildman–Crippen LogP) is 4.21. The van der Waals surface area contributed by atoms with E-state index in [-0.39, 0.29) is 44.6 Å². The summed E-state index contributed by atoms with van der Waals surface area (Å²) in [6.45, 7) is 3.62. The third-order valence-electron chi connectivity index (χ3n) is 5.52. The Kier molecular flexibility index (Phi) is 7.69. The fourth-order valence-corrected chi connectivity index (χ4v) is 3.83. The number of oxazole rings is 1. The highest BCUT2D eigenvalue weighted by Crippen LogP contribution is 2.26. The highest BCUT2D eigenvalue weighted by molar-refractivity contribution is 5.91. The minimum absolute atomic E-state index is 0.148. The minimum atomic E-state index is -0.980. The Morgan fingerprint density at radius 1 is 1.09 bits per heavy atom. The van der Waals surface area contributed by atoms with Crippen molar-refractivity contribution in [2.24, 2.45) is 5.41 Å². The Labute approximate surface area is 196 Å². The molecule has 4 rings (SSSR count). The first kappa shape index (κ1) is 24.0. The first-order valence-corrected chi connectivity index (χ1v) is 10.8. The van der Waals surface area contributed by atoms with Crippen LogP contribution in [0, 0.1) is 18.2 Å². The van der Waals surface area contributed by atoms with Crippen molar-refractivity contribution in [1.29, 1.82) is 0 Å². The van der Waals surface area contributed by atoms with Gasteiger partial charge in [-0.2, -0.15) is 0 Å². The van der Waals surface area contributed by atoms with E-state index in [9.17, 15) is 14.3 Å². The third-order valence-corrected chi connectivity index (χ3v) is 5.52. The number of nitrogens with zero attached hydrogens (tertiary/aromatic N) is 1. The van der Waals surface area contributed by atoms with Crippen LogP contribution in [0.5, 0.6) is 0 Å². The maximum Gasteiger partial charge on any atom is 0.336 e. The lowest BCUT2D eigenvalue weighted by molar-refractivity contribution is -0.200. The summed E-state index contributed by atoms with van der Waals surface area (Å²) in [5.41, 5.74) is 2.27. The molecular weight excluding hydrogens is 445 g/mol. The van der Waals surface area contributed by atoms with Gasteiger partial charge in [0.05, 0.1) is 50.6 Å². The van der Waals surface area contributed by atoms with E-state index < -0.39 is 11.4 Å². The molecule has 0 radical (unpaired) electrons. The normalized spacial score (nSPS) is 15.4. The Hall–Kier alpha value is -3.11. The molecule has 180 valence electrons. The summed E-state index contributed by atoms with van der Waals surface area (Å²) in [6, 6.07) is 11.2. The van der Waals surface area contributed by atoms with E-state index in [0.717, 1.165) is 0 Å². The minimum Gasteiger partial charge on any atom is -0.478 e. The number of aromatic carboxylic acids is 1. The molecule has 1 fully saturated rings. The molecule has 1 aliphatic rings. The number of hydrogen-bond donors (Lipinski definition) is 1. The van der Waals surface area contributed by atoms with Gasteiger partial charge in [0.1, 0.15) is 24.6 Å². The second-order valence-corrected chi connectivity index (χ2v) is 8.37. The number of benzene rings is 2. The van der Waals surface area contributed by atoms with Crippen LogP contribution in [-0.4, -0.2) is 49.3 Å². The molecule has 34 heavy (non-hydrogen) atoms. The first-order chi connectivity index (χ1) is 16.5. The molecule has 1 aromatic heterocycles. The summed E-state index contributed by atoms with van der Waals surface area (Å²) < 4.78 is 41.4. The molecule has 0 amide bonds. The van der Waals surface area contributed by atoms with Crippen molar-refractivity contribution in [3.8, 4) is 11.5 Å². The molecule has 1 N–H and O–H groups in total. The van der Waals surface area contributed by atoms with Crippen molar-refractivity contribution in [2.45, 2.75) is 20.1 Å². The molecule has 0 saturated carbocycles. The number of hydrogen-bond acceptors (Lipinski definition) is 7. The predicted molar refractivity (Wildman–Crippen MR) is 119 cm³/mol. The van der Waals surface area contributed by atoms with E-state index >= 15 is 0 Å². The molecule has 2 aromatic carbocycles. The van der Waals surface area contributed by atoms with Gasteiger partial charge < -0.3 is 28.5 Å². The van der Waals surface area contributed by atoms with Crippen LogP contribution < -0.4 is 0 Å². The smallest absolute Gasteiger partial charge is 0.336 e. The number of carbonyl (C=O) groups is 1. The number of aromatic nitrogens is 1. The molecule has 1 saturated heterocycles. The molecule has 0 unspecified atom stereocenters. The van der Waals surface area contributed by atoms with Gasteiger partial charge in [0.25, 0.3) is 0 Å². The van der Waals surface area contributed by atoms with Crippen LogP contribution >= 0.6 is 0 Å². The van der Waals surface area contributed by atoms with Crippen LogP contribution in [0.25, 0.3) is 11.5 Å². The Balaban J connectivity index is 1.34. The average Bonchev–Trinajstić information content (AvgIpc) is 3.29. The lowest BCUT2D eigenvalue weighted by atomic mass is 9.91. The van der Waals surface area contributed by atoms with Crippen molar-refractivity contribution >= 4 is 5.97 Å². The lowest BCUT2D eigenvalue weighted by Crippen LogP contribution is -2.45. The zero-order valence-corrected chi connectivity index (χ0v) is 18.8. The monoisotopic (exact) mass is 471 g/mol. The summed E-state index contributed by atoms with van der Waals surface area (Å²) in [7, 11) is 0. The molecule has 0 aliphatic carbocycles. The van der Waals surface area contributed by atoms with E-state index in [1.54, 1.807) is 31.2 Å². The van der Waals surface area contributed by atoms with E-state index in [0.29, 0.717) is 41.5 Å². The summed E-state index contributed by atoms with van der Waals surface area (Å²) in [4.78, 5) is 16.0. The standard InChI is InChI=1S/C25H26FNO7/c1-17-3-2-4-19(22(17)24(28)29)9-30-12-25(14-32-16-33-15-25)13-31-10-21-11-34-23(27-21)18-5-7-20(26)8-6-18/h2-8,11H,9-10,12-16H2,1H3,(H,28,29). The Morgan fingerprint density at radius 2 is 1.79 bits per heavy atom. The number of rotatable bonds is 10. The number of halogens is 1. The van der Waals surface area contributed by atoms with Gasteiger partial charge in [-0.05, 0) is 42.3 Å². The van der Waals surface area contributed by atoms with Gasteiger partial charge in [0.2, 0.25) is 5.89 Å². The van der Waals surface area contributed by atoms with Gasteiger partial charge in [-0.15, -0.1) is 0 Å². The zero-order chi connectivity index (χ0) is 24.0. The van der Waals surface area contributed by atoms with Gasteiger partial charge in [-0.3, -0.25) is 0 Å². The molecular formula is C25H26FNO7. The van der Waals surface area contributed by atoms with Crippen LogP contribution in [0.2, 0.25) is 0 Å². The number of ether oxygens (including phenoxy) is 4. The molecule has 2 heterocycles. The van der Waals surface area contributed by atoms with Crippen molar-refractivity contribution in [2.75, 3.05) is 33.2 Å². The fourth-order valence-electron chi connectivity index (χ4n) is 3.83. The Bertz CT molecular complexity index is 1110. The zero-order valence-electron chi connectivity index (χ0n) is 18.8. The van der Waals surface area contributed by atoms with E-state index in [1.807, 2.05) is 6.07 Å². The quantitative estimate of drug-likeness (QED) is 0.469. The maximum absolute atomic E-state index is 13.1. The van der Waals surface area contributed by atoms with Crippen molar-refractivity contribution in [3.05, 3.63) is 76.9 Å². The number of aryl methyl sites for hydroxylation is 1. The molecule has 3 aromatic rings. The van der Waals surface area contributed by atoms with E-state index in [1.165, 1.54) is 18.4 Å². The molecule has 8 nitrogen and oxygen atoms in total. The molecule has 0 bridgehead atoms. The van der Waals surface area contributed by atoms with E-state index in [2.05, 4.69) is 4.98 Å². The van der Waals surface area contributed by atoms with Crippen LogP contribution in [0.15, 0.2) is 53.1 Å². The Morgan fingerprint density at radius 3 is 2.50 bits per heavy atom. The maximum atomic E-state index is 13.1. The lowest BCUT2D eigenvalue weighted by Gasteiger charge is -2.36. The molecule has 9 heteroatoms. The van der Waals surface area contributed by atoms with Crippen molar-refractivity contribution in [3.63, 3.8) is 0 Å². The first-order valence-electron chi connectivity index (χ1n) is 10.8. The summed E-state index contributed by atoms with van der Waals surface area (Å²) >= 11 is 0. The third kappa shape index (κ3) is 5.87. The van der Waals surface area contributed by atoms with Crippen LogP contribution in [-0.2, 0) is 32.2 Å². The molecule has 1 aliphatic heterocycles. The molecule has 0 spiro atoms. The van der Waals surface area contributed by atoms with Gasteiger partial charge in [0, 0.05) is 5.56 Å². The van der Waals surface area contributed by atoms with Crippen molar-refractivity contribution in [1.82, 2.24) is 4.98 Å². The number of carboxylic acids is 1. The van der Waals surface area contributed by atoms with Gasteiger partial charge in [-0.1, -0.05) is 18.2 Å². The van der Waals surface area contributed by atoms with Crippen LogP contribution in [0.1, 0.15) is 27.2 Å². The summed E-state index contributed by atoms with van der Waals surface area (Å²) in [5.74, 6) is -0.926. The average molecular weight is 471 g/mol. The summed E-state index contributed by atoms with van der Waals surface area (Å²) in [6.07, 6.45) is 1.50. The highest BCUT2D eigenvalue weighted by Gasteiger charge is 2.35. The van der Waals surface area contributed by atoms with E-state index in [4.69, 9.17) is 23.4 Å². The number of carboxylic acid groups (broad SMARTS) is 1. The largest absolute Gasteiger partial charge is 0.478 e. The topological polar surface area (TPSA) is 100 Å². The SMILES string of the molecule is Cc1cccc(COCC2(COCc3coc(-c4ccc(F)cc4)n3)COCOC2)c1C(=O)O. The van der Waals surface area contributed by atoms with Gasteiger partial charge in [0.15, 0.2) is 0 Å². The van der Waals surface area contributed by atoms with Crippen LogP contribution in [0.3, 0.4) is 0 Å². The highest BCUT2D eigenvalue weighted by atomic mass is 19.1. The fraction of sp³-hybridized carbons (Fsp3) is 0.360.